The van der Waals surface area contributed by atoms with Crippen LogP contribution in [0, 0.1) is 0 Å². The molecular formula is C17H14F3N3O2S2. The summed E-state index contributed by atoms with van der Waals surface area (Å²) in [5.74, 6) is 0. The molecule has 1 aliphatic heterocycles. The molecule has 1 aliphatic rings. The molecule has 1 unspecified atom stereocenters. The predicted molar refractivity (Wildman–Crippen MR) is 94.7 cm³/mol. The van der Waals surface area contributed by atoms with Crippen LogP contribution in [0.25, 0.3) is 11.0 Å². The van der Waals surface area contributed by atoms with Crippen molar-refractivity contribution >= 4 is 32.8 Å². The summed E-state index contributed by atoms with van der Waals surface area (Å²) in [6.45, 7) is 0.160. The van der Waals surface area contributed by atoms with Crippen LogP contribution in [0.1, 0.15) is 30.0 Å². The molecule has 142 valence electrons. The second-order valence-electron chi connectivity index (χ2n) is 6.25. The molecule has 1 atom stereocenters. The van der Waals surface area contributed by atoms with Crippen molar-refractivity contribution < 1.29 is 21.6 Å². The van der Waals surface area contributed by atoms with Gasteiger partial charge in [0.15, 0.2) is 0 Å². The summed E-state index contributed by atoms with van der Waals surface area (Å²) in [6, 6.07) is 8.92. The Labute approximate surface area is 157 Å². The van der Waals surface area contributed by atoms with Crippen LogP contribution in [0.15, 0.2) is 47.4 Å². The van der Waals surface area contributed by atoms with Gasteiger partial charge in [0.05, 0.1) is 23.3 Å². The number of nitrogens with zero attached hydrogens (tertiary/aromatic N) is 3. The Balaban J connectivity index is 1.82. The van der Waals surface area contributed by atoms with Crippen LogP contribution in [0.5, 0.6) is 0 Å². The Morgan fingerprint density at radius 3 is 2.63 bits per heavy atom. The Morgan fingerprint density at radius 2 is 1.85 bits per heavy atom. The number of alkyl halides is 3. The molecule has 1 fully saturated rings. The van der Waals surface area contributed by atoms with Crippen LogP contribution in [-0.2, 0) is 16.2 Å². The largest absolute Gasteiger partial charge is 0.416 e. The summed E-state index contributed by atoms with van der Waals surface area (Å²) in [5.41, 5.74) is -0.120. The van der Waals surface area contributed by atoms with Gasteiger partial charge in [-0.1, -0.05) is 24.3 Å². The summed E-state index contributed by atoms with van der Waals surface area (Å²) in [4.78, 5) is -0.0230. The lowest BCUT2D eigenvalue weighted by Crippen LogP contribution is -2.32. The van der Waals surface area contributed by atoms with Crippen LogP contribution in [0.3, 0.4) is 0 Å². The van der Waals surface area contributed by atoms with Gasteiger partial charge < -0.3 is 0 Å². The maximum atomic E-state index is 13.4. The molecule has 1 saturated heterocycles. The standard InChI is InChI=1S/C17H14F3N3O2S2/c18-17(19,20)12-6-2-1-5-11(12)14-8-4-10-23(14)27(24,25)15-9-3-7-13-16(15)22-26-21-13/h1-3,5-7,9,14H,4,8,10H2. The van der Waals surface area contributed by atoms with Crippen LogP contribution in [-0.4, -0.2) is 28.0 Å². The van der Waals surface area contributed by atoms with E-state index in [4.69, 9.17) is 0 Å². The summed E-state index contributed by atoms with van der Waals surface area (Å²) in [5, 5.41) is 0. The van der Waals surface area contributed by atoms with E-state index in [1.165, 1.54) is 24.3 Å². The van der Waals surface area contributed by atoms with E-state index >= 15 is 0 Å². The Hall–Kier alpha value is -2.04. The molecule has 0 radical (unpaired) electrons. The smallest absolute Gasteiger partial charge is 0.207 e. The van der Waals surface area contributed by atoms with Crippen molar-refractivity contribution in [3.63, 3.8) is 0 Å². The average Bonchev–Trinajstić information content (AvgIpc) is 3.30. The molecule has 0 saturated carbocycles. The van der Waals surface area contributed by atoms with Gasteiger partial charge in [-0.05, 0) is 36.6 Å². The molecule has 27 heavy (non-hydrogen) atoms. The number of fused-ring (bicyclic) bond motifs is 1. The van der Waals surface area contributed by atoms with Crippen molar-refractivity contribution in [2.45, 2.75) is 30.0 Å². The number of hydrogen-bond acceptors (Lipinski definition) is 5. The van der Waals surface area contributed by atoms with Gasteiger partial charge in [0.25, 0.3) is 0 Å². The SMILES string of the molecule is O=S(=O)(c1cccc2nsnc12)N1CCCC1c1ccccc1C(F)(F)F. The molecule has 0 spiro atoms. The molecule has 0 N–H and O–H groups in total. The van der Waals surface area contributed by atoms with Crippen LogP contribution >= 0.6 is 11.7 Å². The lowest BCUT2D eigenvalue weighted by molar-refractivity contribution is -0.138. The molecule has 5 nitrogen and oxygen atoms in total. The van der Waals surface area contributed by atoms with E-state index in [1.807, 2.05) is 0 Å². The van der Waals surface area contributed by atoms with Gasteiger partial charge in [0, 0.05) is 6.54 Å². The topological polar surface area (TPSA) is 63.2 Å². The number of aromatic nitrogens is 2. The van der Waals surface area contributed by atoms with Gasteiger partial charge in [-0.3, -0.25) is 0 Å². The van der Waals surface area contributed by atoms with Crippen LogP contribution < -0.4 is 0 Å². The zero-order chi connectivity index (χ0) is 19.2. The Morgan fingerprint density at radius 1 is 1.07 bits per heavy atom. The van der Waals surface area contributed by atoms with E-state index in [1.54, 1.807) is 12.1 Å². The van der Waals surface area contributed by atoms with E-state index in [-0.39, 0.29) is 22.5 Å². The van der Waals surface area contributed by atoms with Crippen molar-refractivity contribution in [1.82, 2.24) is 13.1 Å². The maximum absolute atomic E-state index is 13.4. The van der Waals surface area contributed by atoms with Gasteiger partial charge in [-0.15, -0.1) is 0 Å². The lowest BCUT2D eigenvalue weighted by Gasteiger charge is -2.26. The van der Waals surface area contributed by atoms with Crippen molar-refractivity contribution in [3.05, 3.63) is 53.6 Å². The molecule has 10 heteroatoms. The van der Waals surface area contributed by atoms with Crippen LogP contribution in [0.2, 0.25) is 0 Å². The maximum Gasteiger partial charge on any atom is 0.416 e. The van der Waals surface area contributed by atoms with Gasteiger partial charge in [-0.2, -0.15) is 26.2 Å². The lowest BCUT2D eigenvalue weighted by atomic mass is 9.99. The zero-order valence-corrected chi connectivity index (χ0v) is 15.5. The minimum atomic E-state index is -4.55. The fourth-order valence-corrected chi connectivity index (χ4v) is 5.93. The molecule has 0 amide bonds. The quantitative estimate of drug-likeness (QED) is 0.645. The van der Waals surface area contributed by atoms with Crippen molar-refractivity contribution in [1.29, 1.82) is 0 Å². The molecule has 4 rings (SSSR count). The number of hydrogen-bond donors (Lipinski definition) is 0. The first kappa shape index (κ1) is 18.3. The second kappa shape index (κ2) is 6.54. The van der Waals surface area contributed by atoms with Crippen LogP contribution in [0.4, 0.5) is 13.2 Å². The van der Waals surface area contributed by atoms with Crippen molar-refractivity contribution in [3.8, 4) is 0 Å². The van der Waals surface area contributed by atoms with Gasteiger partial charge in [0.1, 0.15) is 15.9 Å². The highest BCUT2D eigenvalue weighted by Crippen LogP contribution is 2.42. The van der Waals surface area contributed by atoms with E-state index in [9.17, 15) is 21.6 Å². The van der Waals surface area contributed by atoms with Crippen molar-refractivity contribution in [2.75, 3.05) is 6.54 Å². The third-order valence-electron chi connectivity index (χ3n) is 4.66. The molecule has 2 heterocycles. The first-order chi connectivity index (χ1) is 12.8. The Kier molecular flexibility index (Phi) is 4.44. The summed E-state index contributed by atoms with van der Waals surface area (Å²) >= 11 is 0.897. The third-order valence-corrected chi connectivity index (χ3v) is 7.15. The molecular weight excluding hydrogens is 399 g/mol. The molecule has 0 bridgehead atoms. The van der Waals surface area contributed by atoms with E-state index < -0.39 is 27.8 Å². The monoisotopic (exact) mass is 413 g/mol. The first-order valence-corrected chi connectivity index (χ1v) is 10.4. The Bertz CT molecular complexity index is 1100. The molecule has 0 aliphatic carbocycles. The van der Waals surface area contributed by atoms with E-state index in [0.29, 0.717) is 18.4 Å². The average molecular weight is 413 g/mol. The second-order valence-corrected chi connectivity index (χ2v) is 8.63. The summed E-state index contributed by atoms with van der Waals surface area (Å²) in [7, 11) is -4.02. The normalized spacial score (nSPS) is 19.0. The third kappa shape index (κ3) is 3.11. The minimum Gasteiger partial charge on any atom is -0.207 e. The highest BCUT2D eigenvalue weighted by atomic mass is 32.2. The fraction of sp³-hybridized carbons (Fsp3) is 0.294. The molecule has 3 aromatic rings. The van der Waals surface area contributed by atoms with Gasteiger partial charge >= 0.3 is 6.18 Å². The van der Waals surface area contributed by atoms with Crippen molar-refractivity contribution in [2.24, 2.45) is 0 Å². The van der Waals surface area contributed by atoms with Gasteiger partial charge in [-0.25, -0.2) is 8.42 Å². The first-order valence-electron chi connectivity index (χ1n) is 8.19. The number of benzene rings is 2. The fourth-order valence-electron chi connectivity index (χ4n) is 3.50. The number of sulfonamides is 1. The highest BCUT2D eigenvalue weighted by Gasteiger charge is 2.42. The summed E-state index contributed by atoms with van der Waals surface area (Å²) in [6.07, 6.45) is -3.73. The summed E-state index contributed by atoms with van der Waals surface area (Å²) < 4.78 is 76.1. The predicted octanol–water partition coefficient (Wildman–Crippen LogP) is 4.24. The molecule has 2 aromatic carbocycles. The highest BCUT2D eigenvalue weighted by molar-refractivity contribution is 7.89. The van der Waals surface area contributed by atoms with E-state index in [0.717, 1.165) is 22.1 Å². The molecule has 1 aromatic heterocycles. The minimum absolute atomic E-state index is 0.0188. The number of halogens is 3. The zero-order valence-electron chi connectivity index (χ0n) is 13.8. The number of rotatable bonds is 3. The van der Waals surface area contributed by atoms with E-state index in [2.05, 4.69) is 8.75 Å². The van der Waals surface area contributed by atoms with Gasteiger partial charge in [0.2, 0.25) is 10.0 Å².